The van der Waals surface area contributed by atoms with Crippen LogP contribution < -0.4 is 0 Å². The van der Waals surface area contributed by atoms with Crippen LogP contribution in [0.15, 0.2) is 0 Å². The Bertz CT molecular complexity index is 142. The lowest BCUT2D eigenvalue weighted by Gasteiger charge is -2.17. The van der Waals surface area contributed by atoms with Crippen molar-refractivity contribution in [2.24, 2.45) is 5.41 Å². The van der Waals surface area contributed by atoms with Crippen LogP contribution in [0.2, 0.25) is 0 Å². The monoisotopic (exact) mass is 172 g/mol. The van der Waals surface area contributed by atoms with Gasteiger partial charge in [0.15, 0.2) is 5.78 Å². The van der Waals surface area contributed by atoms with E-state index < -0.39 is 6.10 Å². The highest BCUT2D eigenvalue weighted by Gasteiger charge is 2.13. The highest BCUT2D eigenvalue weighted by Crippen LogP contribution is 2.21. The molecule has 0 spiro atoms. The van der Waals surface area contributed by atoms with Gasteiger partial charge in [-0.05, 0) is 25.2 Å². The van der Waals surface area contributed by atoms with Crippen molar-refractivity contribution in [1.29, 1.82) is 0 Å². The lowest BCUT2D eigenvalue weighted by atomic mass is 9.89. The predicted molar refractivity (Wildman–Crippen MR) is 50.0 cm³/mol. The Morgan fingerprint density at radius 3 is 2.25 bits per heavy atom. The molecule has 0 aliphatic heterocycles. The molecule has 2 heteroatoms. The van der Waals surface area contributed by atoms with Gasteiger partial charge in [0.1, 0.15) is 6.10 Å². The van der Waals surface area contributed by atoms with E-state index in [-0.39, 0.29) is 5.78 Å². The molecule has 0 rings (SSSR count). The van der Waals surface area contributed by atoms with Crippen molar-refractivity contribution in [2.45, 2.75) is 53.1 Å². The Kier molecular flexibility index (Phi) is 4.46. The van der Waals surface area contributed by atoms with Gasteiger partial charge in [-0.1, -0.05) is 20.8 Å². The molecular formula is C10H20O2. The third kappa shape index (κ3) is 6.35. The first-order chi connectivity index (χ1) is 5.33. The van der Waals surface area contributed by atoms with Gasteiger partial charge in [-0.3, -0.25) is 4.79 Å². The molecule has 0 bridgehead atoms. The molecule has 0 aromatic carbocycles. The molecule has 72 valence electrons. The fourth-order valence-corrected chi connectivity index (χ4v) is 1.00. The molecule has 0 saturated heterocycles. The summed E-state index contributed by atoms with van der Waals surface area (Å²) in [6, 6.07) is 0. The summed E-state index contributed by atoms with van der Waals surface area (Å²) in [5, 5.41) is 8.90. The van der Waals surface area contributed by atoms with E-state index in [1.807, 2.05) is 0 Å². The van der Waals surface area contributed by atoms with Gasteiger partial charge in [-0.25, -0.2) is 0 Å². The van der Waals surface area contributed by atoms with Gasteiger partial charge in [-0.2, -0.15) is 0 Å². The average Bonchev–Trinajstić information content (AvgIpc) is 1.84. The largest absolute Gasteiger partial charge is 0.386 e. The second-order valence-electron chi connectivity index (χ2n) is 4.56. The summed E-state index contributed by atoms with van der Waals surface area (Å²) in [4.78, 5) is 11.0. The Morgan fingerprint density at radius 2 is 1.92 bits per heavy atom. The van der Waals surface area contributed by atoms with Gasteiger partial charge < -0.3 is 5.11 Å². The maximum Gasteiger partial charge on any atom is 0.160 e. The topological polar surface area (TPSA) is 37.3 Å². The zero-order chi connectivity index (χ0) is 9.78. The maximum atomic E-state index is 11.0. The van der Waals surface area contributed by atoms with Gasteiger partial charge in [0.2, 0.25) is 0 Å². The summed E-state index contributed by atoms with van der Waals surface area (Å²) < 4.78 is 0. The maximum absolute atomic E-state index is 11.0. The van der Waals surface area contributed by atoms with E-state index in [9.17, 15) is 4.79 Å². The number of hydrogen-bond acceptors (Lipinski definition) is 2. The predicted octanol–water partition coefficient (Wildman–Crippen LogP) is 2.15. The van der Waals surface area contributed by atoms with Crippen LogP contribution >= 0.6 is 0 Å². The van der Waals surface area contributed by atoms with Crippen LogP contribution in [0.1, 0.15) is 47.0 Å². The molecule has 2 nitrogen and oxygen atoms in total. The van der Waals surface area contributed by atoms with Gasteiger partial charge in [0, 0.05) is 6.42 Å². The molecular weight excluding hydrogens is 152 g/mol. The van der Waals surface area contributed by atoms with Crippen molar-refractivity contribution in [3.05, 3.63) is 0 Å². The lowest BCUT2D eigenvalue weighted by molar-refractivity contribution is -0.126. The van der Waals surface area contributed by atoms with E-state index in [0.717, 1.165) is 12.8 Å². The van der Waals surface area contributed by atoms with Crippen LogP contribution in [0, 0.1) is 5.41 Å². The highest BCUT2D eigenvalue weighted by molar-refractivity contribution is 5.82. The minimum Gasteiger partial charge on any atom is -0.386 e. The minimum atomic E-state index is -0.787. The summed E-state index contributed by atoms with van der Waals surface area (Å²) in [6.45, 7) is 7.99. The Morgan fingerprint density at radius 1 is 1.42 bits per heavy atom. The molecule has 0 aliphatic rings. The van der Waals surface area contributed by atoms with E-state index in [0.29, 0.717) is 11.8 Å². The molecule has 0 saturated carbocycles. The van der Waals surface area contributed by atoms with Gasteiger partial charge in [0.05, 0.1) is 0 Å². The lowest BCUT2D eigenvalue weighted by Crippen LogP contribution is -2.16. The second-order valence-corrected chi connectivity index (χ2v) is 4.56. The first kappa shape index (κ1) is 11.6. The SMILES string of the molecule is CC(O)C(=O)CCCC(C)(C)C. The van der Waals surface area contributed by atoms with E-state index in [2.05, 4.69) is 20.8 Å². The fraction of sp³-hybridized carbons (Fsp3) is 0.900. The third-order valence-corrected chi connectivity index (χ3v) is 1.82. The van der Waals surface area contributed by atoms with Crippen molar-refractivity contribution >= 4 is 5.78 Å². The van der Waals surface area contributed by atoms with Crippen molar-refractivity contribution < 1.29 is 9.90 Å². The van der Waals surface area contributed by atoms with Gasteiger partial charge in [0.25, 0.3) is 0 Å². The highest BCUT2D eigenvalue weighted by atomic mass is 16.3. The molecule has 0 aliphatic carbocycles. The van der Waals surface area contributed by atoms with Crippen molar-refractivity contribution in [3.63, 3.8) is 0 Å². The van der Waals surface area contributed by atoms with Crippen LogP contribution in [0.5, 0.6) is 0 Å². The molecule has 0 heterocycles. The first-order valence-corrected chi connectivity index (χ1v) is 4.54. The molecule has 1 atom stereocenters. The zero-order valence-corrected chi connectivity index (χ0v) is 8.55. The Balaban J connectivity index is 3.51. The quantitative estimate of drug-likeness (QED) is 0.705. The normalized spacial score (nSPS) is 14.4. The number of aliphatic hydroxyl groups excluding tert-OH is 1. The van der Waals surface area contributed by atoms with Crippen molar-refractivity contribution in [2.75, 3.05) is 0 Å². The molecule has 1 unspecified atom stereocenters. The third-order valence-electron chi connectivity index (χ3n) is 1.82. The number of carbonyl (C=O) groups is 1. The molecule has 0 fully saturated rings. The number of carbonyl (C=O) groups excluding carboxylic acids is 1. The number of aliphatic hydroxyl groups is 1. The molecule has 0 amide bonds. The van der Waals surface area contributed by atoms with E-state index in [1.54, 1.807) is 0 Å². The summed E-state index contributed by atoms with van der Waals surface area (Å²) in [7, 11) is 0. The summed E-state index contributed by atoms with van der Waals surface area (Å²) in [5.41, 5.74) is 0.291. The number of hydrogen-bond donors (Lipinski definition) is 1. The van der Waals surface area contributed by atoms with Crippen molar-refractivity contribution in [3.8, 4) is 0 Å². The molecule has 0 aromatic heterocycles. The van der Waals surface area contributed by atoms with Crippen LogP contribution in [0.4, 0.5) is 0 Å². The number of ketones is 1. The van der Waals surface area contributed by atoms with Crippen LogP contribution in [0.25, 0.3) is 0 Å². The first-order valence-electron chi connectivity index (χ1n) is 4.54. The van der Waals surface area contributed by atoms with Crippen LogP contribution in [0.3, 0.4) is 0 Å². The van der Waals surface area contributed by atoms with Crippen molar-refractivity contribution in [1.82, 2.24) is 0 Å². The second kappa shape index (κ2) is 4.61. The smallest absolute Gasteiger partial charge is 0.160 e. The summed E-state index contributed by atoms with van der Waals surface area (Å²) >= 11 is 0. The number of rotatable bonds is 4. The Hall–Kier alpha value is -0.370. The zero-order valence-electron chi connectivity index (χ0n) is 8.55. The van der Waals surface area contributed by atoms with Gasteiger partial charge in [-0.15, -0.1) is 0 Å². The number of Topliss-reactive ketones (excluding diaryl/α,β-unsaturated/α-hetero) is 1. The molecule has 0 radical (unpaired) electrons. The van der Waals surface area contributed by atoms with E-state index >= 15 is 0 Å². The molecule has 1 N–H and O–H groups in total. The van der Waals surface area contributed by atoms with E-state index in [1.165, 1.54) is 6.92 Å². The van der Waals surface area contributed by atoms with E-state index in [4.69, 9.17) is 5.11 Å². The minimum absolute atomic E-state index is 0.0424. The van der Waals surface area contributed by atoms with Crippen LogP contribution in [-0.2, 0) is 4.79 Å². The average molecular weight is 172 g/mol. The summed E-state index contributed by atoms with van der Waals surface area (Å²) in [5.74, 6) is -0.0424. The fourth-order valence-electron chi connectivity index (χ4n) is 1.00. The van der Waals surface area contributed by atoms with Crippen LogP contribution in [-0.4, -0.2) is 17.0 Å². The summed E-state index contributed by atoms with van der Waals surface area (Å²) in [6.07, 6.45) is 1.64. The standard InChI is InChI=1S/C10H20O2/c1-8(11)9(12)6-5-7-10(2,3)4/h8,11H,5-7H2,1-4H3. The van der Waals surface area contributed by atoms with Gasteiger partial charge >= 0.3 is 0 Å². The molecule has 0 aromatic rings. The molecule has 12 heavy (non-hydrogen) atoms. The Labute approximate surface area is 75.0 Å².